The average Bonchev–Trinajstić information content (AvgIpc) is 3.36. The van der Waals surface area contributed by atoms with Gasteiger partial charge in [-0.2, -0.15) is 0 Å². The second-order valence-electron chi connectivity index (χ2n) is 7.25. The van der Waals surface area contributed by atoms with E-state index in [2.05, 4.69) is 24.3 Å². The fourth-order valence-electron chi connectivity index (χ4n) is 3.81. The topological polar surface area (TPSA) is 66.8 Å². The van der Waals surface area contributed by atoms with Gasteiger partial charge in [0, 0.05) is 19.5 Å². The Hall–Kier alpha value is -2.82. The number of carboxylic acids is 1. The van der Waals surface area contributed by atoms with Crippen molar-refractivity contribution < 1.29 is 19.4 Å². The van der Waals surface area contributed by atoms with Gasteiger partial charge < -0.3 is 14.7 Å². The van der Waals surface area contributed by atoms with E-state index in [4.69, 9.17) is 4.74 Å². The lowest BCUT2D eigenvalue weighted by Crippen LogP contribution is -2.36. The van der Waals surface area contributed by atoms with Crippen LogP contribution in [0.3, 0.4) is 0 Å². The molecule has 5 heteroatoms. The van der Waals surface area contributed by atoms with Gasteiger partial charge >= 0.3 is 12.1 Å². The van der Waals surface area contributed by atoms with Crippen molar-refractivity contribution >= 4 is 12.1 Å². The molecule has 0 atom stereocenters. The molecule has 134 valence electrons. The number of hydrogen-bond acceptors (Lipinski definition) is 3. The molecule has 1 amide bonds. The van der Waals surface area contributed by atoms with Crippen LogP contribution in [0.25, 0.3) is 11.1 Å². The molecule has 5 nitrogen and oxygen atoms in total. The normalized spacial score (nSPS) is 16.5. The van der Waals surface area contributed by atoms with Crippen molar-refractivity contribution in [2.45, 2.75) is 18.8 Å². The molecule has 0 bridgehead atoms. The molecular weight excluding hydrogens is 330 g/mol. The first-order valence-electron chi connectivity index (χ1n) is 8.81. The van der Waals surface area contributed by atoms with Crippen LogP contribution in [0.15, 0.2) is 48.5 Å². The second-order valence-corrected chi connectivity index (χ2v) is 7.25. The molecule has 1 N–H and O–H groups in total. The average molecular weight is 351 g/mol. The van der Waals surface area contributed by atoms with Crippen LogP contribution in [0.1, 0.15) is 29.9 Å². The number of carbonyl (C=O) groups is 2. The first-order valence-corrected chi connectivity index (χ1v) is 8.81. The van der Waals surface area contributed by atoms with Gasteiger partial charge in [0.25, 0.3) is 0 Å². The highest BCUT2D eigenvalue weighted by molar-refractivity contribution is 5.80. The van der Waals surface area contributed by atoms with Crippen LogP contribution in [0.4, 0.5) is 4.79 Å². The molecule has 0 aromatic heterocycles. The largest absolute Gasteiger partial charge is 0.481 e. The quantitative estimate of drug-likeness (QED) is 0.891. The number of benzene rings is 2. The summed E-state index contributed by atoms with van der Waals surface area (Å²) in [5, 5.41) is 9.28. The first kappa shape index (κ1) is 16.6. The van der Waals surface area contributed by atoms with Gasteiger partial charge in [-0.3, -0.25) is 4.79 Å². The van der Waals surface area contributed by atoms with E-state index in [9.17, 15) is 14.7 Å². The smallest absolute Gasteiger partial charge is 0.409 e. The van der Waals surface area contributed by atoms with Gasteiger partial charge in [-0.25, -0.2) is 4.79 Å². The summed E-state index contributed by atoms with van der Waals surface area (Å²) in [6.07, 6.45) is 0.756. The van der Waals surface area contributed by atoms with E-state index >= 15 is 0 Å². The Morgan fingerprint density at radius 2 is 1.62 bits per heavy atom. The predicted octanol–water partition coefficient (Wildman–Crippen LogP) is 3.73. The van der Waals surface area contributed by atoms with E-state index in [0.717, 1.165) is 11.1 Å². The van der Waals surface area contributed by atoms with Crippen LogP contribution in [0, 0.1) is 5.41 Å². The van der Waals surface area contributed by atoms with Gasteiger partial charge in [0.05, 0.1) is 5.41 Å². The number of hydrogen-bond donors (Lipinski definition) is 1. The molecule has 1 saturated carbocycles. The van der Waals surface area contributed by atoms with Crippen LogP contribution < -0.4 is 0 Å². The zero-order chi connectivity index (χ0) is 18.3. The van der Waals surface area contributed by atoms with E-state index in [1.165, 1.54) is 16.0 Å². The second kappa shape index (κ2) is 6.16. The van der Waals surface area contributed by atoms with Gasteiger partial charge in [-0.15, -0.1) is 0 Å². The fourth-order valence-corrected chi connectivity index (χ4v) is 3.81. The molecule has 0 spiro atoms. The highest BCUT2D eigenvalue weighted by Gasteiger charge is 2.51. The highest BCUT2D eigenvalue weighted by Crippen LogP contribution is 2.47. The van der Waals surface area contributed by atoms with Gasteiger partial charge in [-0.1, -0.05) is 48.5 Å². The minimum atomic E-state index is -0.837. The lowest BCUT2D eigenvalue weighted by Gasteiger charge is -2.22. The molecule has 0 unspecified atom stereocenters. The minimum absolute atomic E-state index is 0.00843. The molecule has 2 aromatic rings. The maximum Gasteiger partial charge on any atom is 0.409 e. The summed E-state index contributed by atoms with van der Waals surface area (Å²) < 4.78 is 5.55. The Morgan fingerprint density at radius 1 is 1.08 bits per heavy atom. The first-order chi connectivity index (χ1) is 12.5. The zero-order valence-electron chi connectivity index (χ0n) is 14.6. The number of aliphatic carboxylic acids is 1. The van der Waals surface area contributed by atoms with Crippen LogP contribution in [0.5, 0.6) is 0 Å². The third kappa shape index (κ3) is 2.73. The number of amides is 1. The highest BCUT2D eigenvalue weighted by atomic mass is 16.6. The van der Waals surface area contributed by atoms with Crippen LogP contribution in [0.2, 0.25) is 0 Å². The lowest BCUT2D eigenvalue weighted by molar-refractivity contribution is -0.143. The molecule has 0 radical (unpaired) electrons. The maximum atomic E-state index is 12.4. The van der Waals surface area contributed by atoms with Gasteiger partial charge in [-0.05, 0) is 35.1 Å². The van der Waals surface area contributed by atoms with E-state index in [1.807, 2.05) is 24.3 Å². The minimum Gasteiger partial charge on any atom is -0.481 e. The van der Waals surface area contributed by atoms with Gasteiger partial charge in [0.2, 0.25) is 0 Å². The number of nitrogens with zero attached hydrogens (tertiary/aromatic N) is 1. The van der Waals surface area contributed by atoms with Crippen LogP contribution in [-0.4, -0.2) is 42.3 Å². The van der Waals surface area contributed by atoms with Gasteiger partial charge in [0.1, 0.15) is 6.61 Å². The summed E-state index contributed by atoms with van der Waals surface area (Å²) in [4.78, 5) is 25.0. The van der Waals surface area contributed by atoms with Crippen molar-refractivity contribution in [3.05, 3.63) is 59.7 Å². The van der Waals surface area contributed by atoms with Crippen molar-refractivity contribution in [1.82, 2.24) is 4.90 Å². The van der Waals surface area contributed by atoms with Crippen molar-refractivity contribution in [3.8, 4) is 11.1 Å². The Balaban J connectivity index is 1.46. The van der Waals surface area contributed by atoms with Crippen molar-refractivity contribution in [3.63, 3.8) is 0 Å². The number of ether oxygens (including phenoxy) is 1. The Kier molecular flexibility index (Phi) is 3.94. The number of fused-ring (bicyclic) bond motifs is 3. The lowest BCUT2D eigenvalue weighted by atomic mass is 9.98. The summed E-state index contributed by atoms with van der Waals surface area (Å²) in [6, 6.07) is 16.3. The fraction of sp³-hybridized carbons (Fsp3) is 0.333. The molecule has 4 rings (SSSR count). The Morgan fingerprint density at radius 3 is 2.12 bits per heavy atom. The van der Waals surface area contributed by atoms with E-state index in [0.29, 0.717) is 12.8 Å². The van der Waals surface area contributed by atoms with Crippen LogP contribution >= 0.6 is 0 Å². The molecule has 1 fully saturated rings. The number of carbonyl (C=O) groups excluding carboxylic acids is 1. The van der Waals surface area contributed by atoms with Crippen molar-refractivity contribution in [2.75, 3.05) is 20.2 Å². The van der Waals surface area contributed by atoms with E-state index < -0.39 is 17.5 Å². The third-order valence-corrected chi connectivity index (χ3v) is 5.49. The van der Waals surface area contributed by atoms with Crippen molar-refractivity contribution in [1.29, 1.82) is 0 Å². The molecule has 2 aromatic carbocycles. The van der Waals surface area contributed by atoms with E-state index in [1.54, 1.807) is 7.05 Å². The molecule has 2 aliphatic carbocycles. The van der Waals surface area contributed by atoms with Gasteiger partial charge in [0.15, 0.2) is 0 Å². The summed E-state index contributed by atoms with van der Waals surface area (Å²) >= 11 is 0. The van der Waals surface area contributed by atoms with E-state index in [-0.39, 0.29) is 19.1 Å². The maximum absolute atomic E-state index is 12.4. The summed E-state index contributed by atoms with van der Waals surface area (Å²) in [5.74, 6) is -0.829. The summed E-state index contributed by atoms with van der Waals surface area (Å²) in [6.45, 7) is 0.441. The molecule has 0 heterocycles. The zero-order valence-corrected chi connectivity index (χ0v) is 14.6. The Labute approximate surface area is 152 Å². The molecule has 0 aliphatic heterocycles. The molecule has 2 aliphatic rings. The third-order valence-electron chi connectivity index (χ3n) is 5.49. The molecule has 26 heavy (non-hydrogen) atoms. The predicted molar refractivity (Wildman–Crippen MR) is 97.0 cm³/mol. The summed E-state index contributed by atoms with van der Waals surface area (Å²) in [7, 11) is 1.60. The van der Waals surface area contributed by atoms with Crippen LogP contribution in [-0.2, 0) is 9.53 Å². The monoisotopic (exact) mass is 351 g/mol. The molecule has 0 saturated heterocycles. The number of carboxylic acid groups (broad SMARTS) is 1. The standard InChI is InChI=1S/C21H21NO4/c1-22(13-21(10-11-21)19(23)24)20(25)26-12-18-16-8-4-2-6-14(16)15-7-3-5-9-17(15)18/h2-9,18H,10-13H2,1H3,(H,23,24). The van der Waals surface area contributed by atoms with Crippen molar-refractivity contribution in [2.24, 2.45) is 5.41 Å². The SMILES string of the molecule is CN(CC1(C(=O)O)CC1)C(=O)OCC1c2ccccc2-c2ccccc21. The summed E-state index contributed by atoms with van der Waals surface area (Å²) in [5.41, 5.74) is 3.91. The molecular formula is C21H21NO4. The Bertz CT molecular complexity index is 826. The number of rotatable bonds is 5.